The number of methoxy groups -OCH3 is 1. The van der Waals surface area contributed by atoms with Crippen molar-refractivity contribution in [2.24, 2.45) is 0 Å². The number of anilines is 1. The molecule has 1 amide bonds. The van der Waals surface area contributed by atoms with E-state index >= 15 is 0 Å². The molecule has 3 aromatic rings. The minimum absolute atomic E-state index is 0.0218. The van der Waals surface area contributed by atoms with Gasteiger partial charge in [0.1, 0.15) is 18.0 Å². The average molecular weight is 389 g/mol. The number of nitrogens with one attached hydrogen (secondary N) is 1. The number of fused-ring (bicyclic) bond motifs is 1. The van der Waals surface area contributed by atoms with E-state index in [4.69, 9.17) is 0 Å². The van der Waals surface area contributed by atoms with Crippen LogP contribution in [0.4, 0.5) is 14.5 Å². The van der Waals surface area contributed by atoms with Gasteiger partial charge >= 0.3 is 5.97 Å². The number of esters is 1. The highest BCUT2D eigenvalue weighted by molar-refractivity contribution is 5.95. The first kappa shape index (κ1) is 19.3. The van der Waals surface area contributed by atoms with Crippen LogP contribution in [0.5, 0.6) is 0 Å². The standard InChI is InChI=1S/C18H17F2N5O3/c1-9-11(10(2)25-18(23-9)21-8-22-25)4-5-16(26)24-15-6-12(17(27)28-3)13(19)7-14(15)20/h6-8H,4-5H2,1-3H3,(H,24,26). The maximum Gasteiger partial charge on any atom is 0.340 e. The van der Waals surface area contributed by atoms with Gasteiger partial charge < -0.3 is 10.1 Å². The molecule has 0 saturated heterocycles. The van der Waals surface area contributed by atoms with Gasteiger partial charge in [-0.1, -0.05) is 0 Å². The lowest BCUT2D eigenvalue weighted by atomic mass is 10.1. The van der Waals surface area contributed by atoms with Gasteiger partial charge in [0.25, 0.3) is 5.78 Å². The summed E-state index contributed by atoms with van der Waals surface area (Å²) in [7, 11) is 1.08. The monoisotopic (exact) mass is 389 g/mol. The molecule has 10 heteroatoms. The molecule has 8 nitrogen and oxygen atoms in total. The van der Waals surface area contributed by atoms with E-state index in [1.807, 2.05) is 6.92 Å². The molecule has 0 radical (unpaired) electrons. The first-order valence-electron chi connectivity index (χ1n) is 8.34. The van der Waals surface area contributed by atoms with Crippen molar-refractivity contribution in [1.29, 1.82) is 0 Å². The maximum atomic E-state index is 14.0. The number of rotatable bonds is 5. The van der Waals surface area contributed by atoms with Crippen LogP contribution in [0.25, 0.3) is 5.78 Å². The number of aromatic nitrogens is 4. The minimum atomic E-state index is -1.07. The second kappa shape index (κ2) is 7.67. The van der Waals surface area contributed by atoms with Crippen molar-refractivity contribution in [3.8, 4) is 0 Å². The van der Waals surface area contributed by atoms with Crippen LogP contribution in [0, 0.1) is 25.5 Å². The Morgan fingerprint density at radius 3 is 2.68 bits per heavy atom. The van der Waals surface area contributed by atoms with Crippen molar-refractivity contribution >= 4 is 23.3 Å². The molecule has 1 N–H and O–H groups in total. The second-order valence-electron chi connectivity index (χ2n) is 6.08. The normalized spacial score (nSPS) is 10.9. The predicted octanol–water partition coefficient (Wildman–Crippen LogP) is 2.38. The zero-order valence-electron chi connectivity index (χ0n) is 15.4. The smallest absolute Gasteiger partial charge is 0.340 e. The Balaban J connectivity index is 1.76. The quantitative estimate of drug-likeness (QED) is 0.673. The number of ether oxygens (including phenoxy) is 1. The molecule has 0 aliphatic carbocycles. The van der Waals surface area contributed by atoms with E-state index in [2.05, 4.69) is 25.1 Å². The number of carbonyl (C=O) groups excluding carboxylic acids is 2. The largest absolute Gasteiger partial charge is 0.465 e. The SMILES string of the molecule is COC(=O)c1cc(NC(=O)CCc2c(C)nc3ncnn3c2C)c(F)cc1F. The lowest BCUT2D eigenvalue weighted by Crippen LogP contribution is -2.16. The summed E-state index contributed by atoms with van der Waals surface area (Å²) in [5.41, 5.74) is 1.57. The molecule has 0 bridgehead atoms. The molecule has 146 valence electrons. The van der Waals surface area contributed by atoms with Crippen LogP contribution in [-0.4, -0.2) is 38.6 Å². The number of carbonyl (C=O) groups is 2. The van der Waals surface area contributed by atoms with E-state index < -0.39 is 29.1 Å². The third-order valence-electron chi connectivity index (χ3n) is 4.33. The zero-order chi connectivity index (χ0) is 20.4. The topological polar surface area (TPSA) is 98.5 Å². The van der Waals surface area contributed by atoms with Crippen LogP contribution in [0.1, 0.15) is 33.7 Å². The molecule has 0 saturated carbocycles. The highest BCUT2D eigenvalue weighted by Gasteiger charge is 2.18. The van der Waals surface area contributed by atoms with E-state index in [0.717, 1.165) is 24.4 Å². The van der Waals surface area contributed by atoms with Crippen molar-refractivity contribution in [2.45, 2.75) is 26.7 Å². The molecule has 2 aromatic heterocycles. The highest BCUT2D eigenvalue weighted by atomic mass is 19.1. The number of halogens is 2. The van der Waals surface area contributed by atoms with Crippen LogP contribution in [0.15, 0.2) is 18.5 Å². The summed E-state index contributed by atoms with van der Waals surface area (Å²) in [5.74, 6) is -3.06. The molecule has 3 rings (SSSR count). The van der Waals surface area contributed by atoms with Crippen LogP contribution < -0.4 is 5.32 Å². The minimum Gasteiger partial charge on any atom is -0.465 e. The average Bonchev–Trinajstić information content (AvgIpc) is 3.11. The number of benzene rings is 1. The summed E-state index contributed by atoms with van der Waals surface area (Å²) in [5, 5.41) is 6.44. The van der Waals surface area contributed by atoms with Gasteiger partial charge in [-0.05, 0) is 31.9 Å². The lowest BCUT2D eigenvalue weighted by Gasteiger charge is -2.11. The van der Waals surface area contributed by atoms with E-state index in [9.17, 15) is 18.4 Å². The summed E-state index contributed by atoms with van der Waals surface area (Å²) in [6.45, 7) is 3.64. The van der Waals surface area contributed by atoms with Crippen molar-refractivity contribution in [3.63, 3.8) is 0 Å². The summed E-state index contributed by atoms with van der Waals surface area (Å²) in [6, 6.07) is 1.44. The first-order valence-corrected chi connectivity index (χ1v) is 8.34. The molecular formula is C18H17F2N5O3. The van der Waals surface area contributed by atoms with Gasteiger partial charge in [0.15, 0.2) is 0 Å². The number of amides is 1. The Bertz CT molecular complexity index is 1080. The van der Waals surface area contributed by atoms with Gasteiger partial charge in [0, 0.05) is 23.9 Å². The van der Waals surface area contributed by atoms with Crippen molar-refractivity contribution in [2.75, 3.05) is 12.4 Å². The molecule has 0 spiro atoms. The van der Waals surface area contributed by atoms with E-state index in [1.54, 1.807) is 11.4 Å². The highest BCUT2D eigenvalue weighted by Crippen LogP contribution is 2.21. The van der Waals surface area contributed by atoms with Gasteiger partial charge in [-0.25, -0.2) is 23.1 Å². The Morgan fingerprint density at radius 1 is 1.21 bits per heavy atom. The van der Waals surface area contributed by atoms with Gasteiger partial charge in [0.05, 0.1) is 18.4 Å². The maximum absolute atomic E-state index is 14.0. The first-order chi connectivity index (χ1) is 13.3. The van der Waals surface area contributed by atoms with Crippen molar-refractivity contribution in [3.05, 3.63) is 52.6 Å². The predicted molar refractivity (Wildman–Crippen MR) is 94.9 cm³/mol. The van der Waals surface area contributed by atoms with E-state index in [1.165, 1.54) is 6.33 Å². The third-order valence-corrected chi connectivity index (χ3v) is 4.33. The Hall–Kier alpha value is -3.43. The molecule has 2 heterocycles. The van der Waals surface area contributed by atoms with Crippen LogP contribution in [0.3, 0.4) is 0 Å². The number of hydrogen-bond acceptors (Lipinski definition) is 6. The van der Waals surface area contributed by atoms with E-state index in [0.29, 0.717) is 24.0 Å². The molecule has 28 heavy (non-hydrogen) atoms. The molecule has 0 aliphatic heterocycles. The van der Waals surface area contributed by atoms with Crippen LogP contribution in [-0.2, 0) is 16.0 Å². The summed E-state index contributed by atoms with van der Waals surface area (Å²) in [6.07, 6.45) is 1.74. The number of nitrogens with zero attached hydrogens (tertiary/aromatic N) is 4. The lowest BCUT2D eigenvalue weighted by molar-refractivity contribution is -0.116. The van der Waals surface area contributed by atoms with Crippen molar-refractivity contribution < 1.29 is 23.1 Å². The number of hydrogen-bond donors (Lipinski definition) is 1. The zero-order valence-corrected chi connectivity index (χ0v) is 15.4. The summed E-state index contributed by atoms with van der Waals surface area (Å²) >= 11 is 0. The van der Waals surface area contributed by atoms with Gasteiger partial charge in [-0.15, -0.1) is 0 Å². The molecule has 0 atom stereocenters. The summed E-state index contributed by atoms with van der Waals surface area (Å²) in [4.78, 5) is 32.2. The third kappa shape index (κ3) is 3.66. The molecule has 0 fully saturated rings. The van der Waals surface area contributed by atoms with E-state index in [-0.39, 0.29) is 12.1 Å². The van der Waals surface area contributed by atoms with Gasteiger partial charge in [-0.2, -0.15) is 10.1 Å². The molecular weight excluding hydrogens is 372 g/mol. The molecule has 1 aromatic carbocycles. The Kier molecular flexibility index (Phi) is 5.30. The molecule has 0 unspecified atom stereocenters. The Morgan fingerprint density at radius 2 is 1.96 bits per heavy atom. The Labute approximate surface area is 158 Å². The van der Waals surface area contributed by atoms with Gasteiger partial charge in [-0.3, -0.25) is 4.79 Å². The fourth-order valence-electron chi connectivity index (χ4n) is 2.88. The second-order valence-corrected chi connectivity index (χ2v) is 6.08. The fraction of sp³-hybridized carbons (Fsp3) is 0.278. The summed E-state index contributed by atoms with van der Waals surface area (Å²) < 4.78 is 33.7. The fourth-order valence-corrected chi connectivity index (χ4v) is 2.88. The van der Waals surface area contributed by atoms with Crippen molar-refractivity contribution in [1.82, 2.24) is 19.6 Å². The number of aryl methyl sites for hydroxylation is 2. The van der Waals surface area contributed by atoms with Gasteiger partial charge in [0.2, 0.25) is 5.91 Å². The van der Waals surface area contributed by atoms with Crippen LogP contribution in [0.2, 0.25) is 0 Å². The van der Waals surface area contributed by atoms with Crippen LogP contribution >= 0.6 is 0 Å². The molecule has 0 aliphatic rings.